The van der Waals surface area contributed by atoms with Crippen molar-refractivity contribution in [1.29, 1.82) is 0 Å². The lowest BCUT2D eigenvalue weighted by Gasteiger charge is -2.05. The molecule has 1 saturated carbocycles. The minimum Gasteiger partial charge on any atom is -0.321 e. The van der Waals surface area contributed by atoms with E-state index >= 15 is 0 Å². The van der Waals surface area contributed by atoms with Gasteiger partial charge in [0.15, 0.2) is 0 Å². The van der Waals surface area contributed by atoms with Gasteiger partial charge in [0.2, 0.25) is 0 Å². The van der Waals surface area contributed by atoms with E-state index in [0.717, 1.165) is 5.69 Å². The molecular weight excluding hydrogens is 136 g/mol. The van der Waals surface area contributed by atoms with Gasteiger partial charge in [-0.25, -0.2) is 5.43 Å². The lowest BCUT2D eigenvalue weighted by molar-refractivity contribution is 0.794. The summed E-state index contributed by atoms with van der Waals surface area (Å²) in [7, 11) is 0. The van der Waals surface area contributed by atoms with Crippen LogP contribution in [0.2, 0.25) is 0 Å². The van der Waals surface area contributed by atoms with E-state index in [1.807, 2.05) is 18.2 Å². The van der Waals surface area contributed by atoms with Gasteiger partial charge in [-0.3, -0.25) is 0 Å². The van der Waals surface area contributed by atoms with Crippen molar-refractivity contribution in [1.82, 2.24) is 5.43 Å². The van der Waals surface area contributed by atoms with Crippen LogP contribution in [0, 0.1) is 0 Å². The maximum Gasteiger partial charge on any atom is 0.0487 e. The van der Waals surface area contributed by atoms with Crippen LogP contribution in [0.4, 0.5) is 5.69 Å². The molecule has 0 bridgehead atoms. The third kappa shape index (κ3) is 1.95. The Hall–Kier alpha value is -1.02. The van der Waals surface area contributed by atoms with Crippen LogP contribution in [0.5, 0.6) is 0 Å². The van der Waals surface area contributed by atoms with Gasteiger partial charge in [-0.05, 0) is 25.0 Å². The zero-order valence-electron chi connectivity index (χ0n) is 6.38. The van der Waals surface area contributed by atoms with Crippen LogP contribution in [0.1, 0.15) is 12.8 Å². The molecule has 0 amide bonds. The lowest BCUT2D eigenvalue weighted by atomic mass is 10.3. The predicted molar refractivity (Wildman–Crippen MR) is 46.2 cm³/mol. The molecule has 1 aromatic rings. The SMILES string of the molecule is c1ccc(NNC2CC2)cc1. The summed E-state index contributed by atoms with van der Waals surface area (Å²) in [5.74, 6) is 0. The van der Waals surface area contributed by atoms with E-state index < -0.39 is 0 Å². The van der Waals surface area contributed by atoms with Crippen LogP contribution in [-0.2, 0) is 0 Å². The molecule has 58 valence electrons. The van der Waals surface area contributed by atoms with Gasteiger partial charge in [0.1, 0.15) is 0 Å². The van der Waals surface area contributed by atoms with Crippen molar-refractivity contribution in [3.8, 4) is 0 Å². The molecular formula is C9H12N2. The van der Waals surface area contributed by atoms with Crippen molar-refractivity contribution < 1.29 is 0 Å². The first-order chi connectivity index (χ1) is 5.45. The third-order valence-electron chi connectivity index (χ3n) is 1.77. The molecule has 2 nitrogen and oxygen atoms in total. The Morgan fingerprint density at radius 2 is 1.82 bits per heavy atom. The fourth-order valence-corrected chi connectivity index (χ4v) is 0.935. The van der Waals surface area contributed by atoms with E-state index in [-0.39, 0.29) is 0 Å². The summed E-state index contributed by atoms with van der Waals surface area (Å²) in [4.78, 5) is 0. The maximum atomic E-state index is 3.22. The second kappa shape index (κ2) is 2.93. The largest absolute Gasteiger partial charge is 0.321 e. The van der Waals surface area contributed by atoms with Gasteiger partial charge in [-0.15, -0.1) is 0 Å². The Bertz CT molecular complexity index is 216. The smallest absolute Gasteiger partial charge is 0.0487 e. The van der Waals surface area contributed by atoms with Gasteiger partial charge in [0, 0.05) is 11.7 Å². The van der Waals surface area contributed by atoms with Crippen LogP contribution in [0.3, 0.4) is 0 Å². The molecule has 11 heavy (non-hydrogen) atoms. The Morgan fingerprint density at radius 3 is 2.45 bits per heavy atom. The predicted octanol–water partition coefficient (Wildman–Crippen LogP) is 1.77. The van der Waals surface area contributed by atoms with E-state index in [2.05, 4.69) is 23.0 Å². The summed E-state index contributed by atoms with van der Waals surface area (Å²) < 4.78 is 0. The first-order valence-electron chi connectivity index (χ1n) is 4.02. The van der Waals surface area contributed by atoms with E-state index in [9.17, 15) is 0 Å². The van der Waals surface area contributed by atoms with Crippen molar-refractivity contribution in [3.63, 3.8) is 0 Å². The van der Waals surface area contributed by atoms with Gasteiger partial charge >= 0.3 is 0 Å². The number of hydrogen-bond donors (Lipinski definition) is 2. The highest BCUT2D eigenvalue weighted by Gasteiger charge is 2.19. The average molecular weight is 148 g/mol. The van der Waals surface area contributed by atoms with Crippen molar-refractivity contribution in [2.24, 2.45) is 0 Å². The number of para-hydroxylation sites is 1. The van der Waals surface area contributed by atoms with Gasteiger partial charge < -0.3 is 5.43 Å². The van der Waals surface area contributed by atoms with E-state index in [1.54, 1.807) is 0 Å². The summed E-state index contributed by atoms with van der Waals surface area (Å²) >= 11 is 0. The topological polar surface area (TPSA) is 24.1 Å². The summed E-state index contributed by atoms with van der Waals surface area (Å²) in [5.41, 5.74) is 7.52. The van der Waals surface area contributed by atoms with Gasteiger partial charge in [0.05, 0.1) is 0 Å². The molecule has 0 radical (unpaired) electrons. The van der Waals surface area contributed by atoms with Crippen molar-refractivity contribution in [2.75, 3.05) is 5.43 Å². The van der Waals surface area contributed by atoms with E-state index in [1.165, 1.54) is 12.8 Å². The molecule has 1 aliphatic carbocycles. The minimum absolute atomic E-state index is 0.704. The fourth-order valence-electron chi connectivity index (χ4n) is 0.935. The molecule has 0 unspecified atom stereocenters. The second-order valence-corrected chi connectivity index (χ2v) is 2.91. The molecule has 2 heteroatoms. The Morgan fingerprint density at radius 1 is 1.09 bits per heavy atom. The zero-order chi connectivity index (χ0) is 7.52. The molecule has 1 fully saturated rings. The van der Waals surface area contributed by atoms with Crippen molar-refractivity contribution >= 4 is 5.69 Å². The molecule has 0 aliphatic heterocycles. The quantitative estimate of drug-likeness (QED) is 0.638. The van der Waals surface area contributed by atoms with Crippen LogP contribution in [-0.4, -0.2) is 6.04 Å². The van der Waals surface area contributed by atoms with Gasteiger partial charge in [0.25, 0.3) is 0 Å². The molecule has 1 aliphatic rings. The average Bonchev–Trinajstić information content (AvgIpc) is 2.86. The summed E-state index contributed by atoms with van der Waals surface area (Å²) in [5, 5.41) is 0. The Kier molecular flexibility index (Phi) is 1.78. The second-order valence-electron chi connectivity index (χ2n) is 2.91. The first kappa shape index (κ1) is 6.68. The standard InChI is InChI=1S/C9H12N2/c1-2-4-8(5-3-1)10-11-9-6-7-9/h1-5,9-11H,6-7H2. The van der Waals surface area contributed by atoms with Crippen LogP contribution < -0.4 is 10.9 Å². The monoisotopic (exact) mass is 148 g/mol. The molecule has 2 rings (SSSR count). The number of nitrogens with one attached hydrogen (secondary N) is 2. The zero-order valence-corrected chi connectivity index (χ0v) is 6.38. The summed E-state index contributed by atoms with van der Waals surface area (Å²) in [6.07, 6.45) is 2.61. The minimum atomic E-state index is 0.704. The summed E-state index contributed by atoms with van der Waals surface area (Å²) in [6, 6.07) is 10.9. The number of hydrazine groups is 1. The molecule has 0 aromatic heterocycles. The highest BCUT2D eigenvalue weighted by molar-refractivity contribution is 5.41. The fraction of sp³-hybridized carbons (Fsp3) is 0.333. The van der Waals surface area contributed by atoms with Crippen LogP contribution in [0.25, 0.3) is 0 Å². The van der Waals surface area contributed by atoms with Crippen molar-refractivity contribution in [3.05, 3.63) is 30.3 Å². The number of benzene rings is 1. The van der Waals surface area contributed by atoms with Gasteiger partial charge in [-0.1, -0.05) is 18.2 Å². The van der Waals surface area contributed by atoms with E-state index in [4.69, 9.17) is 0 Å². The van der Waals surface area contributed by atoms with Crippen molar-refractivity contribution in [2.45, 2.75) is 18.9 Å². The Balaban J connectivity index is 1.85. The lowest BCUT2D eigenvalue weighted by Crippen LogP contribution is -2.23. The normalized spacial score (nSPS) is 16.4. The molecule has 0 saturated heterocycles. The molecule has 2 N–H and O–H groups in total. The number of rotatable bonds is 3. The maximum absolute atomic E-state index is 3.22. The molecule has 0 spiro atoms. The van der Waals surface area contributed by atoms with Crippen LogP contribution in [0.15, 0.2) is 30.3 Å². The van der Waals surface area contributed by atoms with E-state index in [0.29, 0.717) is 6.04 Å². The number of hydrogen-bond acceptors (Lipinski definition) is 2. The van der Waals surface area contributed by atoms with Crippen LogP contribution >= 0.6 is 0 Å². The number of anilines is 1. The highest BCUT2D eigenvalue weighted by atomic mass is 15.4. The Labute approximate surface area is 66.6 Å². The van der Waals surface area contributed by atoms with Gasteiger partial charge in [-0.2, -0.15) is 0 Å². The third-order valence-corrected chi connectivity index (χ3v) is 1.77. The molecule has 1 aromatic carbocycles. The molecule has 0 atom stereocenters. The highest BCUT2D eigenvalue weighted by Crippen LogP contribution is 2.18. The summed E-state index contributed by atoms with van der Waals surface area (Å²) in [6.45, 7) is 0. The molecule has 0 heterocycles. The first-order valence-corrected chi connectivity index (χ1v) is 4.02.